The average molecular weight is 250 g/mol. The molecule has 0 aliphatic rings. The lowest BCUT2D eigenvalue weighted by Crippen LogP contribution is -2.09. The predicted octanol–water partition coefficient (Wildman–Crippen LogP) is 3.96. The lowest BCUT2D eigenvalue weighted by Gasteiger charge is -2.10. The molecule has 1 atom stereocenters. The second-order valence-electron chi connectivity index (χ2n) is 4.85. The molecule has 1 aromatic carbocycles. The van der Waals surface area contributed by atoms with Crippen LogP contribution < -0.4 is 4.74 Å². The summed E-state index contributed by atoms with van der Waals surface area (Å²) in [6.45, 7) is 5.08. The molecular formula is C16H26O2. The smallest absolute Gasteiger partial charge is 0.119 e. The molecule has 18 heavy (non-hydrogen) atoms. The molecule has 0 saturated carbocycles. The van der Waals surface area contributed by atoms with Gasteiger partial charge in [-0.15, -0.1) is 0 Å². The molecular weight excluding hydrogens is 224 g/mol. The van der Waals surface area contributed by atoms with Gasteiger partial charge >= 0.3 is 0 Å². The Bertz CT molecular complexity index is 305. The highest BCUT2D eigenvalue weighted by molar-refractivity contribution is 5.27. The van der Waals surface area contributed by atoms with E-state index in [4.69, 9.17) is 4.74 Å². The van der Waals surface area contributed by atoms with E-state index < -0.39 is 0 Å². The third-order valence-electron chi connectivity index (χ3n) is 3.03. The maximum atomic E-state index is 9.74. The largest absolute Gasteiger partial charge is 0.494 e. The van der Waals surface area contributed by atoms with Crippen molar-refractivity contribution in [1.82, 2.24) is 0 Å². The minimum atomic E-state index is -0.216. The predicted molar refractivity (Wildman–Crippen MR) is 76.1 cm³/mol. The number of hydrogen-bond acceptors (Lipinski definition) is 2. The van der Waals surface area contributed by atoms with E-state index in [-0.39, 0.29) is 6.10 Å². The van der Waals surface area contributed by atoms with E-state index in [1.165, 1.54) is 18.4 Å². The van der Waals surface area contributed by atoms with E-state index >= 15 is 0 Å². The highest BCUT2D eigenvalue weighted by atomic mass is 16.5. The van der Waals surface area contributed by atoms with Crippen molar-refractivity contribution in [3.8, 4) is 5.75 Å². The van der Waals surface area contributed by atoms with Gasteiger partial charge in [0, 0.05) is 0 Å². The molecule has 0 aliphatic carbocycles. The Morgan fingerprint density at radius 3 is 2.39 bits per heavy atom. The van der Waals surface area contributed by atoms with Gasteiger partial charge in [-0.25, -0.2) is 0 Å². The number of aliphatic hydroxyl groups is 1. The van der Waals surface area contributed by atoms with Crippen LogP contribution in [-0.4, -0.2) is 17.8 Å². The van der Waals surface area contributed by atoms with Crippen molar-refractivity contribution in [2.45, 2.75) is 58.5 Å². The molecule has 102 valence electrons. The number of benzene rings is 1. The fourth-order valence-electron chi connectivity index (χ4n) is 1.97. The number of unbranched alkanes of at least 4 members (excludes halogenated alkanes) is 2. The first-order valence-corrected chi connectivity index (χ1v) is 7.16. The van der Waals surface area contributed by atoms with Crippen molar-refractivity contribution in [2.24, 2.45) is 0 Å². The summed E-state index contributed by atoms with van der Waals surface area (Å²) in [5, 5.41) is 9.74. The summed E-state index contributed by atoms with van der Waals surface area (Å²) in [5.74, 6) is 0.930. The summed E-state index contributed by atoms with van der Waals surface area (Å²) in [6.07, 6.45) is 5.98. The first-order valence-electron chi connectivity index (χ1n) is 7.16. The van der Waals surface area contributed by atoms with E-state index in [0.717, 1.165) is 38.0 Å². The summed E-state index contributed by atoms with van der Waals surface area (Å²) in [7, 11) is 0. The molecule has 0 spiro atoms. The molecule has 0 aromatic heterocycles. The van der Waals surface area contributed by atoms with Crippen LogP contribution >= 0.6 is 0 Å². The summed E-state index contributed by atoms with van der Waals surface area (Å²) in [5.41, 5.74) is 1.18. The van der Waals surface area contributed by atoms with Crippen LogP contribution in [-0.2, 0) is 6.42 Å². The molecule has 1 rings (SSSR count). The monoisotopic (exact) mass is 250 g/mol. The van der Waals surface area contributed by atoms with Crippen LogP contribution in [0.15, 0.2) is 24.3 Å². The van der Waals surface area contributed by atoms with Gasteiger partial charge in [-0.2, -0.15) is 0 Å². The summed E-state index contributed by atoms with van der Waals surface area (Å²) < 4.78 is 5.65. The van der Waals surface area contributed by atoms with E-state index in [1.54, 1.807) is 0 Å². The molecule has 0 heterocycles. The van der Waals surface area contributed by atoms with Gasteiger partial charge in [0.25, 0.3) is 0 Å². The van der Waals surface area contributed by atoms with Crippen LogP contribution in [0.3, 0.4) is 0 Å². The van der Waals surface area contributed by atoms with Gasteiger partial charge in [-0.1, -0.05) is 45.2 Å². The Morgan fingerprint density at radius 2 is 1.78 bits per heavy atom. The Hall–Kier alpha value is -1.02. The molecule has 2 heteroatoms. The molecule has 0 saturated heterocycles. The third kappa shape index (κ3) is 6.06. The molecule has 1 aromatic rings. The Balaban J connectivity index is 2.33. The molecule has 0 aliphatic heterocycles. The van der Waals surface area contributed by atoms with Gasteiger partial charge in [0.15, 0.2) is 0 Å². The Morgan fingerprint density at radius 1 is 1.06 bits per heavy atom. The average Bonchev–Trinajstić information content (AvgIpc) is 2.37. The number of rotatable bonds is 9. The topological polar surface area (TPSA) is 29.5 Å². The number of hydrogen-bond donors (Lipinski definition) is 1. The summed E-state index contributed by atoms with van der Waals surface area (Å²) in [4.78, 5) is 0. The van der Waals surface area contributed by atoms with Crippen LogP contribution in [0.1, 0.15) is 51.5 Å². The molecule has 2 nitrogen and oxygen atoms in total. The lowest BCUT2D eigenvalue weighted by molar-refractivity contribution is 0.164. The zero-order valence-electron chi connectivity index (χ0n) is 11.7. The maximum Gasteiger partial charge on any atom is 0.119 e. The van der Waals surface area contributed by atoms with Crippen molar-refractivity contribution >= 4 is 0 Å². The number of ether oxygens (including phenoxy) is 1. The van der Waals surface area contributed by atoms with Crippen molar-refractivity contribution in [2.75, 3.05) is 6.61 Å². The Labute approximate surface area is 111 Å². The van der Waals surface area contributed by atoms with Crippen LogP contribution in [0.4, 0.5) is 0 Å². The first-order chi connectivity index (χ1) is 8.76. The lowest BCUT2D eigenvalue weighted by atomic mass is 10.0. The van der Waals surface area contributed by atoms with Gasteiger partial charge in [0.1, 0.15) is 5.75 Å². The molecule has 0 fully saturated rings. The van der Waals surface area contributed by atoms with E-state index in [2.05, 4.69) is 13.8 Å². The van der Waals surface area contributed by atoms with Crippen molar-refractivity contribution in [3.63, 3.8) is 0 Å². The van der Waals surface area contributed by atoms with Gasteiger partial charge < -0.3 is 9.84 Å². The minimum absolute atomic E-state index is 0.216. The Kier molecular flexibility index (Phi) is 7.51. The highest BCUT2D eigenvalue weighted by Gasteiger charge is 2.04. The van der Waals surface area contributed by atoms with Gasteiger partial charge in [-0.3, -0.25) is 0 Å². The van der Waals surface area contributed by atoms with Crippen molar-refractivity contribution in [3.05, 3.63) is 29.8 Å². The van der Waals surface area contributed by atoms with Crippen molar-refractivity contribution < 1.29 is 9.84 Å². The summed E-state index contributed by atoms with van der Waals surface area (Å²) >= 11 is 0. The second-order valence-corrected chi connectivity index (χ2v) is 4.85. The molecule has 1 unspecified atom stereocenters. The van der Waals surface area contributed by atoms with Gasteiger partial charge in [-0.05, 0) is 37.0 Å². The quantitative estimate of drug-likeness (QED) is 0.672. The third-order valence-corrected chi connectivity index (χ3v) is 3.03. The fraction of sp³-hybridized carbons (Fsp3) is 0.625. The van der Waals surface area contributed by atoms with Crippen LogP contribution in [0.25, 0.3) is 0 Å². The standard InChI is InChI=1S/C16H26O2/c1-3-5-6-12-18-16-10-8-14(9-11-16)13-15(17)7-4-2/h8-11,15,17H,3-7,12-13H2,1-2H3. The summed E-state index contributed by atoms with van der Waals surface area (Å²) in [6, 6.07) is 8.10. The number of aliphatic hydroxyl groups excluding tert-OH is 1. The van der Waals surface area contributed by atoms with Gasteiger partial charge in [0.2, 0.25) is 0 Å². The van der Waals surface area contributed by atoms with E-state index in [1.807, 2.05) is 24.3 Å². The molecule has 0 radical (unpaired) electrons. The van der Waals surface area contributed by atoms with Crippen molar-refractivity contribution in [1.29, 1.82) is 0 Å². The van der Waals surface area contributed by atoms with Crippen LogP contribution in [0.2, 0.25) is 0 Å². The minimum Gasteiger partial charge on any atom is -0.494 e. The fourth-order valence-corrected chi connectivity index (χ4v) is 1.97. The molecule has 1 N–H and O–H groups in total. The molecule has 0 bridgehead atoms. The van der Waals surface area contributed by atoms with Crippen LogP contribution in [0.5, 0.6) is 5.75 Å². The highest BCUT2D eigenvalue weighted by Crippen LogP contribution is 2.15. The maximum absolute atomic E-state index is 9.74. The van der Waals surface area contributed by atoms with Gasteiger partial charge in [0.05, 0.1) is 12.7 Å². The zero-order chi connectivity index (χ0) is 13.2. The normalized spacial score (nSPS) is 12.4. The second kappa shape index (κ2) is 8.98. The van der Waals surface area contributed by atoms with Crippen LogP contribution in [0, 0.1) is 0 Å². The molecule has 0 amide bonds. The first kappa shape index (κ1) is 15.0. The van der Waals surface area contributed by atoms with E-state index in [9.17, 15) is 5.11 Å². The van der Waals surface area contributed by atoms with E-state index in [0.29, 0.717) is 0 Å². The zero-order valence-corrected chi connectivity index (χ0v) is 11.7. The SMILES string of the molecule is CCCCCOc1ccc(CC(O)CCC)cc1.